The number of hydrogen-bond donors (Lipinski definition) is 1. The Hall–Kier alpha value is -2.61. The van der Waals surface area contributed by atoms with Gasteiger partial charge in [0.2, 0.25) is 5.91 Å². The van der Waals surface area contributed by atoms with Crippen LogP contribution < -0.4 is 14.2 Å². The molecule has 2 aromatic rings. The van der Waals surface area contributed by atoms with Crippen molar-refractivity contribution in [3.63, 3.8) is 0 Å². The van der Waals surface area contributed by atoms with E-state index >= 15 is 0 Å². The van der Waals surface area contributed by atoms with Crippen molar-refractivity contribution in [2.24, 2.45) is 0 Å². The van der Waals surface area contributed by atoms with Gasteiger partial charge >= 0.3 is 0 Å². The minimum atomic E-state index is -4.05. The minimum Gasteiger partial charge on any atom is -0.490 e. The zero-order valence-electron chi connectivity index (χ0n) is 13.9. The van der Waals surface area contributed by atoms with E-state index in [2.05, 4.69) is 0 Å². The average molecular weight is 379 g/mol. The fraction of sp³-hybridized carbons (Fsp3) is 0.278. The van der Waals surface area contributed by atoms with E-state index in [1.165, 1.54) is 24.3 Å². The molecule has 1 aliphatic heterocycles. The van der Waals surface area contributed by atoms with Gasteiger partial charge in [-0.05, 0) is 30.2 Å². The Morgan fingerprint density at radius 2 is 1.81 bits per heavy atom. The second-order valence-electron chi connectivity index (χ2n) is 5.78. The first kappa shape index (κ1) is 18.2. The van der Waals surface area contributed by atoms with E-state index in [1.807, 2.05) is 4.72 Å². The summed E-state index contributed by atoms with van der Waals surface area (Å²) in [6.45, 7) is 0.914. The van der Waals surface area contributed by atoms with Gasteiger partial charge in [0.15, 0.2) is 11.5 Å². The SMILES string of the molecule is O=C(CCc1ccccc1F)NS(=O)(=O)c1ccc2c(c1)OCCCO2. The third-order valence-electron chi connectivity index (χ3n) is 3.86. The Morgan fingerprint density at radius 3 is 2.58 bits per heavy atom. The molecular weight excluding hydrogens is 361 g/mol. The predicted octanol–water partition coefficient (Wildman–Crippen LogP) is 2.42. The van der Waals surface area contributed by atoms with E-state index in [0.29, 0.717) is 36.7 Å². The number of aryl methyl sites for hydroxylation is 1. The highest BCUT2D eigenvalue weighted by atomic mass is 32.2. The topological polar surface area (TPSA) is 81.7 Å². The summed E-state index contributed by atoms with van der Waals surface area (Å²) in [6, 6.07) is 10.2. The van der Waals surface area contributed by atoms with Gasteiger partial charge in [0.1, 0.15) is 5.82 Å². The van der Waals surface area contributed by atoms with E-state index in [4.69, 9.17) is 9.47 Å². The molecule has 0 radical (unpaired) electrons. The molecule has 0 unspecified atom stereocenters. The summed E-state index contributed by atoms with van der Waals surface area (Å²) in [5.74, 6) is -0.345. The molecule has 8 heteroatoms. The summed E-state index contributed by atoms with van der Waals surface area (Å²) >= 11 is 0. The molecule has 0 saturated heterocycles. The molecule has 0 aromatic heterocycles. The van der Waals surface area contributed by atoms with Crippen LogP contribution in [-0.2, 0) is 21.2 Å². The van der Waals surface area contributed by atoms with Crippen LogP contribution in [0.4, 0.5) is 4.39 Å². The molecule has 0 saturated carbocycles. The summed E-state index contributed by atoms with van der Waals surface area (Å²) in [4.78, 5) is 11.9. The van der Waals surface area contributed by atoms with Crippen molar-refractivity contribution in [1.82, 2.24) is 4.72 Å². The number of benzene rings is 2. The number of sulfonamides is 1. The zero-order valence-corrected chi connectivity index (χ0v) is 14.7. The predicted molar refractivity (Wildman–Crippen MR) is 92.1 cm³/mol. The molecule has 0 fully saturated rings. The van der Waals surface area contributed by atoms with E-state index in [-0.39, 0.29) is 17.7 Å². The Bertz CT molecular complexity index is 914. The number of ether oxygens (including phenoxy) is 2. The quantitative estimate of drug-likeness (QED) is 0.863. The van der Waals surface area contributed by atoms with Crippen molar-refractivity contribution in [2.45, 2.75) is 24.2 Å². The van der Waals surface area contributed by atoms with Crippen LogP contribution in [0.25, 0.3) is 0 Å². The molecule has 3 rings (SSSR count). The van der Waals surface area contributed by atoms with Crippen molar-refractivity contribution >= 4 is 15.9 Å². The number of hydrogen-bond acceptors (Lipinski definition) is 5. The van der Waals surface area contributed by atoms with Crippen LogP contribution in [0, 0.1) is 5.82 Å². The van der Waals surface area contributed by atoms with Gasteiger partial charge in [-0.2, -0.15) is 0 Å². The maximum absolute atomic E-state index is 13.6. The van der Waals surface area contributed by atoms with Gasteiger partial charge in [-0.25, -0.2) is 17.5 Å². The van der Waals surface area contributed by atoms with E-state index in [9.17, 15) is 17.6 Å². The highest BCUT2D eigenvalue weighted by molar-refractivity contribution is 7.90. The van der Waals surface area contributed by atoms with Crippen LogP contribution in [0.3, 0.4) is 0 Å². The number of fused-ring (bicyclic) bond motifs is 1. The summed E-state index contributed by atoms with van der Waals surface area (Å²) in [6.07, 6.45) is 0.656. The van der Waals surface area contributed by atoms with Gasteiger partial charge in [-0.3, -0.25) is 4.79 Å². The van der Waals surface area contributed by atoms with Crippen molar-refractivity contribution in [1.29, 1.82) is 0 Å². The Balaban J connectivity index is 1.67. The molecule has 1 heterocycles. The molecule has 6 nitrogen and oxygen atoms in total. The molecule has 26 heavy (non-hydrogen) atoms. The summed E-state index contributed by atoms with van der Waals surface area (Å²) < 4.78 is 51.3. The lowest BCUT2D eigenvalue weighted by Crippen LogP contribution is -2.30. The number of carbonyl (C=O) groups excluding carboxylic acids is 1. The maximum Gasteiger partial charge on any atom is 0.264 e. The van der Waals surface area contributed by atoms with E-state index in [1.54, 1.807) is 18.2 Å². The van der Waals surface area contributed by atoms with Gasteiger partial charge in [-0.15, -0.1) is 0 Å². The lowest BCUT2D eigenvalue weighted by Gasteiger charge is -2.11. The average Bonchev–Trinajstić information content (AvgIpc) is 2.85. The lowest BCUT2D eigenvalue weighted by atomic mass is 10.1. The second kappa shape index (κ2) is 7.74. The van der Waals surface area contributed by atoms with Crippen molar-refractivity contribution < 1.29 is 27.1 Å². The lowest BCUT2D eigenvalue weighted by molar-refractivity contribution is -0.119. The van der Waals surface area contributed by atoms with Crippen molar-refractivity contribution in [3.05, 3.63) is 53.8 Å². The molecule has 0 bridgehead atoms. The van der Waals surface area contributed by atoms with Crippen LogP contribution in [0.2, 0.25) is 0 Å². The molecule has 2 aromatic carbocycles. The third-order valence-corrected chi connectivity index (χ3v) is 5.23. The number of halogens is 1. The maximum atomic E-state index is 13.6. The Labute approximate surface area is 151 Å². The van der Waals surface area contributed by atoms with Crippen LogP contribution in [-0.4, -0.2) is 27.5 Å². The van der Waals surface area contributed by atoms with Crippen LogP contribution in [0.5, 0.6) is 11.5 Å². The molecule has 0 atom stereocenters. The largest absolute Gasteiger partial charge is 0.490 e. The molecule has 0 spiro atoms. The monoisotopic (exact) mass is 379 g/mol. The molecule has 1 amide bonds. The number of carbonyl (C=O) groups is 1. The number of nitrogens with one attached hydrogen (secondary N) is 1. The fourth-order valence-electron chi connectivity index (χ4n) is 2.52. The number of rotatable bonds is 5. The van der Waals surface area contributed by atoms with Crippen LogP contribution >= 0.6 is 0 Å². The van der Waals surface area contributed by atoms with Gasteiger partial charge in [0.05, 0.1) is 18.1 Å². The highest BCUT2D eigenvalue weighted by Crippen LogP contribution is 2.31. The molecule has 0 aliphatic carbocycles. The summed E-state index contributed by atoms with van der Waals surface area (Å²) in [5.41, 5.74) is 0.357. The van der Waals surface area contributed by atoms with Crippen LogP contribution in [0.15, 0.2) is 47.4 Å². The van der Waals surface area contributed by atoms with Crippen molar-refractivity contribution in [2.75, 3.05) is 13.2 Å². The Morgan fingerprint density at radius 1 is 1.08 bits per heavy atom. The van der Waals surface area contributed by atoms with Gasteiger partial charge in [0.25, 0.3) is 10.0 Å². The molecule has 1 aliphatic rings. The molecule has 138 valence electrons. The molecular formula is C18H18FNO5S. The first-order valence-corrected chi connectivity index (χ1v) is 9.63. The first-order chi connectivity index (χ1) is 12.5. The first-order valence-electron chi connectivity index (χ1n) is 8.14. The standard InChI is InChI=1S/C18H18FNO5S/c19-15-5-2-1-4-13(15)6-9-18(21)20-26(22,23)14-7-8-16-17(12-14)25-11-3-10-24-16/h1-2,4-5,7-8,12H,3,6,9-11H2,(H,20,21). The fourth-order valence-corrected chi connectivity index (χ4v) is 3.55. The van der Waals surface area contributed by atoms with Gasteiger partial charge < -0.3 is 9.47 Å². The Kier molecular flexibility index (Phi) is 5.41. The van der Waals surface area contributed by atoms with Crippen molar-refractivity contribution in [3.8, 4) is 11.5 Å². The van der Waals surface area contributed by atoms with E-state index in [0.717, 1.165) is 0 Å². The third kappa shape index (κ3) is 4.32. The highest BCUT2D eigenvalue weighted by Gasteiger charge is 2.21. The number of amides is 1. The second-order valence-corrected chi connectivity index (χ2v) is 7.46. The molecule has 1 N–H and O–H groups in total. The normalized spacial score (nSPS) is 13.7. The van der Waals surface area contributed by atoms with Gasteiger partial charge in [0, 0.05) is 18.9 Å². The van der Waals surface area contributed by atoms with Crippen LogP contribution in [0.1, 0.15) is 18.4 Å². The minimum absolute atomic E-state index is 0.0963. The smallest absolute Gasteiger partial charge is 0.264 e. The van der Waals surface area contributed by atoms with E-state index < -0.39 is 21.7 Å². The summed E-state index contributed by atoms with van der Waals surface area (Å²) in [7, 11) is -4.05. The van der Waals surface area contributed by atoms with Gasteiger partial charge in [-0.1, -0.05) is 18.2 Å². The zero-order chi connectivity index (χ0) is 18.6. The summed E-state index contributed by atoms with van der Waals surface area (Å²) in [5, 5.41) is 0.